The van der Waals surface area contributed by atoms with E-state index in [0.29, 0.717) is 17.3 Å². The lowest BCUT2D eigenvalue weighted by atomic mass is 10.0. The Morgan fingerprint density at radius 1 is 1.26 bits per heavy atom. The topological polar surface area (TPSA) is 49.3 Å². The zero-order valence-corrected chi connectivity index (χ0v) is 12.3. The normalized spacial score (nSPS) is 27.9. The maximum absolute atomic E-state index is 12.0. The number of nitrogens with zero attached hydrogens (tertiary/aromatic N) is 4. The van der Waals surface area contributed by atoms with Gasteiger partial charge in [0.05, 0.1) is 0 Å². The van der Waals surface area contributed by atoms with E-state index in [-0.39, 0.29) is 5.91 Å². The summed E-state index contributed by atoms with van der Waals surface area (Å²) in [4.78, 5) is 25.1. The first-order chi connectivity index (χ1) is 9.24. The van der Waals surface area contributed by atoms with E-state index in [4.69, 9.17) is 0 Å². The molecule has 0 N–H and O–H groups in total. The van der Waals surface area contributed by atoms with Crippen molar-refractivity contribution in [2.75, 3.05) is 24.5 Å². The van der Waals surface area contributed by atoms with Crippen molar-refractivity contribution in [2.24, 2.45) is 0 Å². The average Bonchev–Trinajstić information content (AvgIpc) is 2.79. The summed E-state index contributed by atoms with van der Waals surface area (Å²) in [6.07, 6.45) is 6.32. The Kier molecular flexibility index (Phi) is 3.68. The summed E-state index contributed by atoms with van der Waals surface area (Å²) < 4.78 is 0. The first-order valence-corrected chi connectivity index (χ1v) is 7.61. The van der Waals surface area contributed by atoms with Gasteiger partial charge in [0, 0.05) is 49.3 Å². The van der Waals surface area contributed by atoms with Crippen molar-refractivity contribution in [3.63, 3.8) is 0 Å². The minimum atomic E-state index is 0.266. The van der Waals surface area contributed by atoms with Gasteiger partial charge in [0.1, 0.15) is 0 Å². The SMILES string of the molecule is O=C1CC(Br)CN1C1CCCN(c2ncccn2)C1. The van der Waals surface area contributed by atoms with E-state index in [9.17, 15) is 4.79 Å². The van der Waals surface area contributed by atoms with Crippen LogP contribution in [0.1, 0.15) is 19.3 Å². The second-order valence-electron chi connectivity index (χ2n) is 5.14. The Morgan fingerprint density at radius 3 is 2.74 bits per heavy atom. The lowest BCUT2D eigenvalue weighted by Crippen LogP contribution is -2.49. The number of aromatic nitrogens is 2. The van der Waals surface area contributed by atoms with Gasteiger partial charge in [-0.3, -0.25) is 4.79 Å². The number of hydrogen-bond donors (Lipinski definition) is 0. The van der Waals surface area contributed by atoms with Crippen LogP contribution in [-0.4, -0.2) is 51.3 Å². The summed E-state index contributed by atoms with van der Waals surface area (Å²) in [5.41, 5.74) is 0. The number of carbonyl (C=O) groups excluding carboxylic acids is 1. The largest absolute Gasteiger partial charge is 0.339 e. The fourth-order valence-electron chi connectivity index (χ4n) is 2.88. The number of alkyl halides is 1. The van der Waals surface area contributed by atoms with Gasteiger partial charge in [-0.1, -0.05) is 15.9 Å². The molecule has 1 amide bonds. The molecule has 0 bridgehead atoms. The van der Waals surface area contributed by atoms with Gasteiger partial charge in [-0.15, -0.1) is 0 Å². The van der Waals surface area contributed by atoms with Gasteiger partial charge in [-0.2, -0.15) is 0 Å². The molecule has 102 valence electrons. The summed E-state index contributed by atoms with van der Waals surface area (Å²) in [5, 5.41) is 0. The van der Waals surface area contributed by atoms with Crippen molar-refractivity contribution in [3.8, 4) is 0 Å². The fraction of sp³-hybridized carbons (Fsp3) is 0.615. The number of carbonyl (C=O) groups is 1. The third-order valence-electron chi connectivity index (χ3n) is 3.78. The van der Waals surface area contributed by atoms with Gasteiger partial charge in [0.2, 0.25) is 11.9 Å². The van der Waals surface area contributed by atoms with Crippen molar-refractivity contribution >= 4 is 27.8 Å². The molecule has 2 unspecified atom stereocenters. The van der Waals surface area contributed by atoms with Gasteiger partial charge >= 0.3 is 0 Å². The van der Waals surface area contributed by atoms with Crippen LogP contribution >= 0.6 is 15.9 Å². The molecule has 2 fully saturated rings. The molecule has 1 aromatic heterocycles. The zero-order valence-electron chi connectivity index (χ0n) is 10.7. The number of likely N-dealkylation sites (tertiary alicyclic amines) is 1. The van der Waals surface area contributed by atoms with E-state index < -0.39 is 0 Å². The number of rotatable bonds is 2. The maximum atomic E-state index is 12.0. The van der Waals surface area contributed by atoms with Crippen molar-refractivity contribution < 1.29 is 4.79 Å². The second kappa shape index (κ2) is 5.45. The third kappa shape index (κ3) is 2.73. The minimum Gasteiger partial charge on any atom is -0.339 e. The molecule has 3 heterocycles. The standard InChI is InChI=1S/C13H17BrN4O/c14-10-7-12(19)18(8-10)11-3-1-6-17(9-11)13-15-4-2-5-16-13/h2,4-5,10-11H,1,3,6-9H2. The van der Waals surface area contributed by atoms with Crippen LogP contribution in [0, 0.1) is 0 Å². The monoisotopic (exact) mass is 324 g/mol. The lowest BCUT2D eigenvalue weighted by molar-refractivity contribution is -0.129. The third-order valence-corrected chi connectivity index (χ3v) is 4.40. The Morgan fingerprint density at radius 2 is 2.05 bits per heavy atom. The molecular weight excluding hydrogens is 308 g/mol. The molecule has 2 saturated heterocycles. The van der Waals surface area contributed by atoms with Crippen molar-refractivity contribution in [1.29, 1.82) is 0 Å². The van der Waals surface area contributed by atoms with E-state index in [1.165, 1.54) is 0 Å². The van der Waals surface area contributed by atoms with Crippen LogP contribution in [-0.2, 0) is 4.79 Å². The predicted molar refractivity (Wildman–Crippen MR) is 76.3 cm³/mol. The van der Waals surface area contributed by atoms with Gasteiger partial charge in [-0.25, -0.2) is 9.97 Å². The van der Waals surface area contributed by atoms with E-state index in [2.05, 4.69) is 30.8 Å². The Labute approximate surface area is 121 Å². The number of amides is 1. The molecule has 1 aromatic rings. The van der Waals surface area contributed by atoms with E-state index in [1.807, 2.05) is 11.0 Å². The summed E-state index contributed by atoms with van der Waals surface area (Å²) in [6, 6.07) is 2.12. The number of piperidine rings is 1. The molecule has 2 aliphatic heterocycles. The molecule has 5 nitrogen and oxygen atoms in total. The Hall–Kier alpha value is -1.17. The van der Waals surface area contributed by atoms with Crippen molar-refractivity contribution in [1.82, 2.24) is 14.9 Å². The minimum absolute atomic E-state index is 0.266. The van der Waals surface area contributed by atoms with Gasteiger partial charge in [0.15, 0.2) is 0 Å². The summed E-state index contributed by atoms with van der Waals surface area (Å²) in [6.45, 7) is 2.64. The molecule has 0 radical (unpaired) electrons. The quantitative estimate of drug-likeness (QED) is 0.772. The molecule has 0 aliphatic carbocycles. The van der Waals surface area contributed by atoms with Crippen LogP contribution in [0.5, 0.6) is 0 Å². The highest BCUT2D eigenvalue weighted by Gasteiger charge is 2.35. The van der Waals surface area contributed by atoms with E-state index >= 15 is 0 Å². The van der Waals surface area contributed by atoms with Gasteiger partial charge < -0.3 is 9.80 Å². The van der Waals surface area contributed by atoms with E-state index in [1.54, 1.807) is 12.4 Å². The molecule has 0 saturated carbocycles. The molecule has 6 heteroatoms. The fourth-order valence-corrected chi connectivity index (χ4v) is 3.47. The van der Waals surface area contributed by atoms with Gasteiger partial charge in [0.25, 0.3) is 0 Å². The van der Waals surface area contributed by atoms with Crippen molar-refractivity contribution in [3.05, 3.63) is 18.5 Å². The smallest absolute Gasteiger partial charge is 0.225 e. The number of anilines is 1. The summed E-state index contributed by atoms with van der Waals surface area (Å²) >= 11 is 3.54. The van der Waals surface area contributed by atoms with Crippen LogP contribution < -0.4 is 4.90 Å². The van der Waals surface area contributed by atoms with Crippen LogP contribution in [0.25, 0.3) is 0 Å². The maximum Gasteiger partial charge on any atom is 0.225 e. The Balaban J connectivity index is 1.70. The zero-order chi connectivity index (χ0) is 13.2. The average molecular weight is 325 g/mol. The lowest BCUT2D eigenvalue weighted by Gasteiger charge is -2.37. The molecular formula is C13H17BrN4O. The highest BCUT2D eigenvalue weighted by atomic mass is 79.9. The second-order valence-corrected chi connectivity index (χ2v) is 6.43. The van der Waals surface area contributed by atoms with E-state index in [0.717, 1.165) is 38.4 Å². The van der Waals surface area contributed by atoms with Crippen LogP contribution in [0.4, 0.5) is 5.95 Å². The number of hydrogen-bond acceptors (Lipinski definition) is 4. The summed E-state index contributed by atoms with van der Waals surface area (Å²) in [5.74, 6) is 1.04. The molecule has 0 aromatic carbocycles. The molecule has 0 spiro atoms. The predicted octanol–water partition coefficient (Wildman–Crippen LogP) is 1.44. The van der Waals surface area contributed by atoms with Gasteiger partial charge in [-0.05, 0) is 18.9 Å². The Bertz CT molecular complexity index is 455. The van der Waals surface area contributed by atoms with Crippen LogP contribution in [0.2, 0.25) is 0 Å². The molecule has 2 aliphatic rings. The van der Waals surface area contributed by atoms with Crippen LogP contribution in [0.3, 0.4) is 0 Å². The highest BCUT2D eigenvalue weighted by Crippen LogP contribution is 2.26. The highest BCUT2D eigenvalue weighted by molar-refractivity contribution is 9.09. The van der Waals surface area contributed by atoms with Crippen molar-refractivity contribution in [2.45, 2.75) is 30.1 Å². The molecule has 3 rings (SSSR count). The first-order valence-electron chi connectivity index (χ1n) is 6.69. The number of halogens is 1. The van der Waals surface area contributed by atoms with Crippen LogP contribution in [0.15, 0.2) is 18.5 Å². The first kappa shape index (κ1) is 12.8. The molecule has 2 atom stereocenters. The molecule has 19 heavy (non-hydrogen) atoms. The summed E-state index contributed by atoms with van der Waals surface area (Å²) in [7, 11) is 0.